The number of aliphatic hydroxyl groups excluding tert-OH is 1. The molecule has 1 saturated heterocycles. The quantitative estimate of drug-likeness (QED) is 0.125. The molecule has 188 valence electrons. The zero-order chi connectivity index (χ0) is 25.4. The summed E-state index contributed by atoms with van der Waals surface area (Å²) in [7, 11) is -4.68. The SMILES string of the molecule is C=CCOC(=O)C1=C(OP(=O)(OCC(Cl)(Cl)Cl)OCC(Cl)(Cl)Cl)[C@H](C)[C@@H]2[C@@H](C(C)O)C(=O)N12. The van der Waals surface area contributed by atoms with Crippen molar-refractivity contribution in [1.82, 2.24) is 4.90 Å². The molecule has 0 bridgehead atoms. The first-order valence-corrected chi connectivity index (χ1v) is 13.0. The average Bonchev–Trinajstić information content (AvgIpc) is 2.90. The molecule has 0 radical (unpaired) electrons. The van der Waals surface area contributed by atoms with Gasteiger partial charge in [-0.1, -0.05) is 89.2 Å². The number of halogens is 6. The summed E-state index contributed by atoms with van der Waals surface area (Å²) in [6.45, 7) is 4.77. The van der Waals surface area contributed by atoms with Gasteiger partial charge in [-0.2, -0.15) is 0 Å². The summed E-state index contributed by atoms with van der Waals surface area (Å²) >= 11 is 34.0. The molecule has 0 aromatic carbocycles. The van der Waals surface area contributed by atoms with Crippen molar-refractivity contribution >= 4 is 89.3 Å². The van der Waals surface area contributed by atoms with E-state index in [-0.39, 0.29) is 18.1 Å². The lowest BCUT2D eigenvalue weighted by molar-refractivity contribution is -0.164. The third-order valence-electron chi connectivity index (χ3n) is 4.62. The van der Waals surface area contributed by atoms with Crippen molar-refractivity contribution in [3.05, 3.63) is 24.1 Å². The molecule has 0 aromatic rings. The van der Waals surface area contributed by atoms with Crippen LogP contribution in [0.4, 0.5) is 0 Å². The summed E-state index contributed by atoms with van der Waals surface area (Å²) in [5.41, 5.74) is -0.341. The molecule has 1 amide bonds. The summed E-state index contributed by atoms with van der Waals surface area (Å²) in [4.78, 5) is 26.5. The minimum Gasteiger partial charge on any atom is -0.457 e. The number of hydrogen-bond acceptors (Lipinski definition) is 8. The number of carbonyl (C=O) groups excluding carboxylic acids is 2. The highest BCUT2D eigenvalue weighted by atomic mass is 35.6. The van der Waals surface area contributed by atoms with Crippen LogP contribution in [0.5, 0.6) is 0 Å². The summed E-state index contributed by atoms with van der Waals surface area (Å²) < 4.78 is 30.0. The van der Waals surface area contributed by atoms with Crippen LogP contribution in [0.2, 0.25) is 0 Å². The van der Waals surface area contributed by atoms with Gasteiger partial charge in [0, 0.05) is 5.92 Å². The van der Waals surface area contributed by atoms with Crippen molar-refractivity contribution in [3.63, 3.8) is 0 Å². The molecule has 0 spiro atoms. The van der Waals surface area contributed by atoms with Gasteiger partial charge in [-0.3, -0.25) is 18.7 Å². The molecule has 2 heterocycles. The van der Waals surface area contributed by atoms with E-state index in [1.54, 1.807) is 6.92 Å². The molecule has 2 rings (SSSR count). The Morgan fingerprint density at radius 2 is 1.73 bits per heavy atom. The van der Waals surface area contributed by atoms with Gasteiger partial charge >= 0.3 is 13.8 Å². The minimum absolute atomic E-state index is 0.179. The number of alkyl halides is 6. The fourth-order valence-corrected chi connectivity index (χ4v) is 5.51. The molecule has 1 N–H and O–H groups in total. The van der Waals surface area contributed by atoms with Gasteiger partial charge < -0.3 is 14.4 Å². The van der Waals surface area contributed by atoms with Crippen molar-refractivity contribution in [2.75, 3.05) is 19.8 Å². The predicted octanol–water partition coefficient (Wildman–Crippen LogP) is 4.68. The van der Waals surface area contributed by atoms with Crippen molar-refractivity contribution < 1.29 is 37.6 Å². The second-order valence-corrected chi connectivity index (χ2v) is 13.8. The first kappa shape index (κ1) is 29.3. The maximum atomic E-state index is 13.3. The lowest BCUT2D eigenvalue weighted by Gasteiger charge is -2.46. The zero-order valence-corrected chi connectivity index (χ0v) is 22.6. The summed E-state index contributed by atoms with van der Waals surface area (Å²) in [6, 6.07) is -0.687. The van der Waals surface area contributed by atoms with Crippen LogP contribution in [0.25, 0.3) is 0 Å². The smallest absolute Gasteiger partial charge is 0.457 e. The van der Waals surface area contributed by atoms with Gasteiger partial charge in [0.1, 0.15) is 25.6 Å². The van der Waals surface area contributed by atoms with E-state index in [0.717, 1.165) is 4.90 Å². The summed E-state index contributed by atoms with van der Waals surface area (Å²) in [6.07, 6.45) is 0.281. The van der Waals surface area contributed by atoms with Crippen LogP contribution in [0.15, 0.2) is 24.1 Å². The monoisotopic (exact) mass is 607 g/mol. The van der Waals surface area contributed by atoms with E-state index in [1.807, 2.05) is 0 Å². The van der Waals surface area contributed by atoms with Gasteiger partial charge in [-0.15, -0.1) is 0 Å². The number of phosphoric ester groups is 1. The van der Waals surface area contributed by atoms with Crippen molar-refractivity contribution in [3.8, 4) is 0 Å². The van der Waals surface area contributed by atoms with Gasteiger partial charge in [0.15, 0.2) is 5.70 Å². The average molecular weight is 610 g/mol. The fraction of sp³-hybridized carbons (Fsp3) is 0.647. The first-order chi connectivity index (χ1) is 15.0. The Hall–Kier alpha value is 0.0700. The van der Waals surface area contributed by atoms with Crippen LogP contribution in [-0.2, 0) is 32.5 Å². The fourth-order valence-electron chi connectivity index (χ4n) is 3.35. The van der Waals surface area contributed by atoms with Crippen molar-refractivity contribution in [1.29, 1.82) is 0 Å². The van der Waals surface area contributed by atoms with Crippen LogP contribution in [-0.4, -0.2) is 61.4 Å². The number of nitrogens with zero attached hydrogens (tertiary/aromatic N) is 1. The first-order valence-electron chi connectivity index (χ1n) is 9.27. The molecule has 33 heavy (non-hydrogen) atoms. The molecule has 2 aliphatic heterocycles. The third-order valence-corrected chi connectivity index (χ3v) is 6.58. The second kappa shape index (κ2) is 11.0. The van der Waals surface area contributed by atoms with E-state index >= 15 is 0 Å². The maximum absolute atomic E-state index is 13.3. The highest BCUT2D eigenvalue weighted by molar-refractivity contribution is 7.48. The number of carbonyl (C=O) groups is 2. The molecule has 2 aliphatic rings. The lowest BCUT2D eigenvalue weighted by Crippen LogP contribution is -2.63. The largest absolute Gasteiger partial charge is 0.530 e. The number of β-lactam (4-membered cyclic amide) rings is 1. The van der Waals surface area contributed by atoms with E-state index in [1.165, 1.54) is 13.0 Å². The molecule has 0 saturated carbocycles. The topological polar surface area (TPSA) is 112 Å². The highest BCUT2D eigenvalue weighted by Gasteiger charge is 2.62. The Labute approximate surface area is 220 Å². The van der Waals surface area contributed by atoms with Crippen LogP contribution in [0.3, 0.4) is 0 Å². The second-order valence-electron chi connectivity index (χ2n) is 7.17. The number of fused-ring (bicyclic) bond motifs is 1. The Bertz CT molecular complexity index is 849. The van der Waals surface area contributed by atoms with E-state index < -0.39 is 64.5 Å². The Balaban J connectivity index is 2.45. The molecular weight excluding hydrogens is 590 g/mol. The van der Waals surface area contributed by atoms with Gasteiger partial charge in [-0.05, 0) is 6.92 Å². The van der Waals surface area contributed by atoms with Crippen LogP contribution >= 0.6 is 77.4 Å². The number of hydrogen-bond donors (Lipinski definition) is 1. The van der Waals surface area contributed by atoms with Gasteiger partial charge in [0.05, 0.1) is 18.1 Å². The molecule has 0 aromatic heterocycles. The molecule has 4 atom stereocenters. The van der Waals surface area contributed by atoms with Gasteiger partial charge in [0.25, 0.3) is 0 Å². The zero-order valence-electron chi connectivity index (χ0n) is 17.2. The Morgan fingerprint density at radius 3 is 2.15 bits per heavy atom. The van der Waals surface area contributed by atoms with E-state index in [2.05, 4.69) is 6.58 Å². The number of ether oxygens (including phenoxy) is 1. The van der Waals surface area contributed by atoms with Crippen molar-refractivity contribution in [2.45, 2.75) is 33.6 Å². The maximum Gasteiger partial charge on any atom is 0.530 e. The lowest BCUT2D eigenvalue weighted by atomic mass is 9.79. The predicted molar refractivity (Wildman–Crippen MR) is 124 cm³/mol. The number of aliphatic hydroxyl groups is 1. The molecule has 0 aliphatic carbocycles. The summed E-state index contributed by atoms with van der Waals surface area (Å²) in [5, 5.41) is 10.0. The van der Waals surface area contributed by atoms with E-state index in [4.69, 9.17) is 87.9 Å². The van der Waals surface area contributed by atoms with Crippen molar-refractivity contribution in [2.24, 2.45) is 11.8 Å². The molecule has 9 nitrogen and oxygen atoms in total. The third kappa shape index (κ3) is 7.29. The molecule has 1 unspecified atom stereocenters. The minimum atomic E-state index is -4.68. The van der Waals surface area contributed by atoms with Crippen LogP contribution in [0.1, 0.15) is 13.8 Å². The number of phosphoric acid groups is 1. The van der Waals surface area contributed by atoms with Crippen LogP contribution in [0, 0.1) is 11.8 Å². The van der Waals surface area contributed by atoms with Crippen LogP contribution < -0.4 is 0 Å². The Morgan fingerprint density at radius 1 is 1.21 bits per heavy atom. The van der Waals surface area contributed by atoms with E-state index in [9.17, 15) is 19.3 Å². The number of rotatable bonds is 10. The molecule has 16 heteroatoms. The normalized spacial score (nSPS) is 24.3. The number of amides is 1. The van der Waals surface area contributed by atoms with E-state index in [0.29, 0.717) is 0 Å². The molecular formula is C17H20Cl6NO8P. The highest BCUT2D eigenvalue weighted by Crippen LogP contribution is 2.58. The Kier molecular flexibility index (Phi) is 9.76. The van der Waals surface area contributed by atoms with Gasteiger partial charge in [0.2, 0.25) is 13.5 Å². The molecule has 1 fully saturated rings. The standard InChI is InChI=1S/C17H20Cl6NO8P/c1-4-5-29-15(27)12-13(8(2)11-10(9(3)25)14(26)24(11)12)32-33(28,30-6-16(18,19)20)31-7-17(21,22)23/h4,8-11,25H,1,5-7H2,2-3H3/t8-,9?,10-,11-/m1/s1. The summed E-state index contributed by atoms with van der Waals surface area (Å²) in [5.74, 6) is -3.36. The number of esters is 1. The van der Waals surface area contributed by atoms with Gasteiger partial charge in [-0.25, -0.2) is 9.36 Å².